The van der Waals surface area contributed by atoms with E-state index in [9.17, 15) is 9.50 Å². The van der Waals surface area contributed by atoms with Gasteiger partial charge in [-0.1, -0.05) is 6.07 Å². The SMILES string of the molecule is CC1(C)CC(C(O)c2ccc(F)c(Br)c2)C(C)(C)O1. The maximum Gasteiger partial charge on any atom is 0.137 e. The number of hydrogen-bond donors (Lipinski definition) is 1. The monoisotopic (exact) mass is 330 g/mol. The van der Waals surface area contributed by atoms with Crippen molar-refractivity contribution in [3.8, 4) is 0 Å². The van der Waals surface area contributed by atoms with Crippen LogP contribution in [0.25, 0.3) is 0 Å². The predicted molar refractivity (Wildman–Crippen MR) is 76.4 cm³/mol. The normalized spacial score (nSPS) is 26.4. The standard InChI is InChI=1S/C15H20BrFO2/c1-14(2)8-10(15(3,4)19-14)13(18)9-5-6-12(17)11(16)7-9/h5-7,10,13,18H,8H2,1-4H3. The van der Waals surface area contributed by atoms with Gasteiger partial charge in [0, 0.05) is 5.92 Å². The molecule has 1 fully saturated rings. The summed E-state index contributed by atoms with van der Waals surface area (Å²) in [5.74, 6) is -0.335. The molecule has 0 radical (unpaired) electrons. The number of aliphatic hydroxyl groups is 1. The van der Waals surface area contributed by atoms with E-state index in [1.807, 2.05) is 27.7 Å². The Labute approximate surface area is 122 Å². The Morgan fingerprint density at radius 3 is 2.47 bits per heavy atom. The molecule has 1 aliphatic heterocycles. The second-order valence-corrected chi connectivity index (χ2v) is 7.25. The average molecular weight is 331 g/mol. The van der Waals surface area contributed by atoms with Gasteiger partial charge in [0.25, 0.3) is 0 Å². The molecule has 1 aliphatic rings. The van der Waals surface area contributed by atoms with Gasteiger partial charge < -0.3 is 9.84 Å². The lowest BCUT2D eigenvalue weighted by molar-refractivity contribution is -0.0880. The Bertz CT molecular complexity index is 485. The molecule has 0 aromatic heterocycles. The van der Waals surface area contributed by atoms with Crippen LogP contribution in [0.2, 0.25) is 0 Å². The summed E-state index contributed by atoms with van der Waals surface area (Å²) in [6, 6.07) is 4.64. The molecule has 0 bridgehead atoms. The van der Waals surface area contributed by atoms with Gasteiger partial charge in [0.15, 0.2) is 0 Å². The Kier molecular flexibility index (Phi) is 3.80. The summed E-state index contributed by atoms with van der Waals surface area (Å²) in [5, 5.41) is 10.6. The first-order chi connectivity index (χ1) is 8.62. The molecule has 19 heavy (non-hydrogen) atoms. The van der Waals surface area contributed by atoms with Crippen molar-refractivity contribution in [1.82, 2.24) is 0 Å². The Balaban J connectivity index is 2.28. The third-order valence-corrected chi connectivity index (χ3v) is 4.42. The minimum atomic E-state index is -0.659. The lowest BCUT2D eigenvalue weighted by Gasteiger charge is -2.30. The highest BCUT2D eigenvalue weighted by molar-refractivity contribution is 9.10. The Hall–Kier alpha value is -0.450. The molecule has 0 aliphatic carbocycles. The fourth-order valence-corrected chi connectivity index (χ4v) is 3.42. The third-order valence-electron chi connectivity index (χ3n) is 3.81. The topological polar surface area (TPSA) is 29.5 Å². The summed E-state index contributed by atoms with van der Waals surface area (Å²) in [4.78, 5) is 0. The van der Waals surface area contributed by atoms with E-state index in [1.165, 1.54) is 6.07 Å². The summed E-state index contributed by atoms with van der Waals surface area (Å²) in [6.07, 6.45) is 0.115. The van der Waals surface area contributed by atoms with Gasteiger partial charge in [0.2, 0.25) is 0 Å². The van der Waals surface area contributed by atoms with E-state index in [0.29, 0.717) is 10.0 Å². The molecule has 2 nitrogen and oxygen atoms in total. The number of ether oxygens (including phenoxy) is 1. The maximum absolute atomic E-state index is 13.3. The van der Waals surface area contributed by atoms with Gasteiger partial charge in [-0.2, -0.15) is 0 Å². The number of rotatable bonds is 2. The van der Waals surface area contributed by atoms with E-state index >= 15 is 0 Å². The highest BCUT2D eigenvalue weighted by Crippen LogP contribution is 2.47. The van der Waals surface area contributed by atoms with Crippen LogP contribution < -0.4 is 0 Å². The summed E-state index contributed by atoms with van der Waals surface area (Å²) in [5.41, 5.74) is 0.0727. The molecule has 4 heteroatoms. The quantitative estimate of drug-likeness (QED) is 0.879. The number of aliphatic hydroxyl groups excluding tert-OH is 1. The fraction of sp³-hybridized carbons (Fsp3) is 0.600. The first kappa shape index (κ1) is 14.9. The predicted octanol–water partition coefficient (Wildman–Crippen LogP) is 4.22. The van der Waals surface area contributed by atoms with Crippen molar-refractivity contribution in [3.05, 3.63) is 34.1 Å². The van der Waals surface area contributed by atoms with E-state index in [-0.39, 0.29) is 17.3 Å². The van der Waals surface area contributed by atoms with Crippen LogP contribution >= 0.6 is 15.9 Å². The zero-order valence-electron chi connectivity index (χ0n) is 11.7. The van der Waals surface area contributed by atoms with Crippen molar-refractivity contribution >= 4 is 15.9 Å². The van der Waals surface area contributed by atoms with Gasteiger partial charge >= 0.3 is 0 Å². The van der Waals surface area contributed by atoms with Crippen molar-refractivity contribution in [2.75, 3.05) is 0 Å². The second-order valence-electron chi connectivity index (χ2n) is 6.39. The highest BCUT2D eigenvalue weighted by atomic mass is 79.9. The summed E-state index contributed by atoms with van der Waals surface area (Å²) in [7, 11) is 0. The Morgan fingerprint density at radius 2 is 2.00 bits per heavy atom. The largest absolute Gasteiger partial charge is 0.388 e. The van der Waals surface area contributed by atoms with Crippen LogP contribution in [0.3, 0.4) is 0 Å². The molecule has 2 unspecified atom stereocenters. The molecule has 2 atom stereocenters. The first-order valence-corrected chi connectivity index (χ1v) is 7.25. The van der Waals surface area contributed by atoms with Crippen molar-refractivity contribution in [1.29, 1.82) is 0 Å². The highest BCUT2D eigenvalue weighted by Gasteiger charge is 2.49. The molecule has 0 amide bonds. The van der Waals surface area contributed by atoms with Gasteiger partial charge in [-0.3, -0.25) is 0 Å². The van der Waals surface area contributed by atoms with Gasteiger partial charge in [-0.25, -0.2) is 4.39 Å². The number of benzene rings is 1. The molecule has 1 saturated heterocycles. The van der Waals surface area contributed by atoms with Crippen molar-refractivity contribution in [3.63, 3.8) is 0 Å². The van der Waals surface area contributed by atoms with E-state index < -0.39 is 11.7 Å². The van der Waals surface area contributed by atoms with Crippen LogP contribution in [0, 0.1) is 11.7 Å². The van der Waals surface area contributed by atoms with Gasteiger partial charge in [-0.15, -0.1) is 0 Å². The van der Waals surface area contributed by atoms with E-state index in [4.69, 9.17) is 4.74 Å². The summed E-state index contributed by atoms with van der Waals surface area (Å²) < 4.78 is 19.6. The molecular weight excluding hydrogens is 311 g/mol. The van der Waals surface area contributed by atoms with Gasteiger partial charge in [0.1, 0.15) is 5.82 Å². The number of halogens is 2. The zero-order valence-corrected chi connectivity index (χ0v) is 13.3. The van der Waals surface area contributed by atoms with Crippen LogP contribution in [0.4, 0.5) is 4.39 Å². The lowest BCUT2D eigenvalue weighted by atomic mass is 9.80. The summed E-state index contributed by atoms with van der Waals surface area (Å²) in [6.45, 7) is 8.05. The van der Waals surface area contributed by atoms with Gasteiger partial charge in [-0.05, 0) is 67.7 Å². The first-order valence-electron chi connectivity index (χ1n) is 6.45. The van der Waals surface area contributed by atoms with Crippen LogP contribution in [0.5, 0.6) is 0 Å². The minimum Gasteiger partial charge on any atom is -0.388 e. The van der Waals surface area contributed by atoms with E-state index in [1.54, 1.807) is 12.1 Å². The molecule has 1 heterocycles. The van der Waals surface area contributed by atoms with Crippen LogP contribution in [-0.4, -0.2) is 16.3 Å². The summed E-state index contributed by atoms with van der Waals surface area (Å²) >= 11 is 3.16. The zero-order chi connectivity index (χ0) is 14.4. The molecule has 0 spiro atoms. The molecule has 1 N–H and O–H groups in total. The third kappa shape index (κ3) is 3.01. The fourth-order valence-electron chi connectivity index (χ4n) is 3.03. The minimum absolute atomic E-state index is 0.0140. The van der Waals surface area contributed by atoms with Crippen LogP contribution in [-0.2, 0) is 4.74 Å². The van der Waals surface area contributed by atoms with E-state index in [2.05, 4.69) is 15.9 Å². The van der Waals surface area contributed by atoms with Crippen LogP contribution in [0.15, 0.2) is 22.7 Å². The van der Waals surface area contributed by atoms with E-state index in [0.717, 1.165) is 6.42 Å². The number of hydrogen-bond acceptors (Lipinski definition) is 2. The van der Waals surface area contributed by atoms with Crippen molar-refractivity contribution in [2.24, 2.45) is 5.92 Å². The molecule has 1 aromatic rings. The Morgan fingerprint density at radius 1 is 1.37 bits per heavy atom. The molecular formula is C15H20BrFO2. The average Bonchev–Trinajstić information content (AvgIpc) is 2.49. The molecule has 1 aromatic carbocycles. The van der Waals surface area contributed by atoms with Gasteiger partial charge in [0.05, 0.1) is 21.8 Å². The molecule has 2 rings (SSSR count). The molecule has 0 saturated carbocycles. The second kappa shape index (κ2) is 4.83. The maximum atomic E-state index is 13.3. The van der Waals surface area contributed by atoms with Crippen LogP contribution in [0.1, 0.15) is 45.8 Å². The van der Waals surface area contributed by atoms with Crippen molar-refractivity contribution < 1.29 is 14.2 Å². The molecule has 106 valence electrons. The lowest BCUT2D eigenvalue weighted by Crippen LogP contribution is -2.32. The van der Waals surface area contributed by atoms with Crippen molar-refractivity contribution in [2.45, 2.75) is 51.4 Å². The smallest absolute Gasteiger partial charge is 0.137 e.